The second kappa shape index (κ2) is 5.80. The molecule has 20 heavy (non-hydrogen) atoms. The maximum absolute atomic E-state index is 12.0. The molecule has 0 heterocycles. The van der Waals surface area contributed by atoms with Crippen LogP contribution in [-0.4, -0.2) is 47.7 Å². The SMILES string of the molecule is COC(=O)c1cc(S(=O)(=O)CCS(C)(=O)=O)ccc1N. The van der Waals surface area contributed by atoms with Crippen molar-refractivity contribution in [3.05, 3.63) is 23.8 Å². The van der Waals surface area contributed by atoms with Crippen molar-refractivity contribution in [1.82, 2.24) is 0 Å². The first-order valence-electron chi connectivity index (χ1n) is 5.45. The third-order valence-electron chi connectivity index (χ3n) is 2.51. The molecule has 0 aromatic heterocycles. The van der Waals surface area contributed by atoms with E-state index in [-0.39, 0.29) is 16.1 Å². The summed E-state index contributed by atoms with van der Waals surface area (Å²) < 4.78 is 50.5. The highest BCUT2D eigenvalue weighted by atomic mass is 32.2. The largest absolute Gasteiger partial charge is 0.465 e. The summed E-state index contributed by atoms with van der Waals surface area (Å²) in [6, 6.07) is 3.57. The van der Waals surface area contributed by atoms with Crippen molar-refractivity contribution in [2.75, 3.05) is 30.6 Å². The Morgan fingerprint density at radius 1 is 1.20 bits per heavy atom. The number of esters is 1. The molecule has 0 radical (unpaired) electrons. The van der Waals surface area contributed by atoms with Gasteiger partial charge in [-0.25, -0.2) is 21.6 Å². The maximum Gasteiger partial charge on any atom is 0.339 e. The fourth-order valence-electron chi connectivity index (χ4n) is 1.39. The molecular weight excluding hydrogens is 306 g/mol. The van der Waals surface area contributed by atoms with Gasteiger partial charge in [0.1, 0.15) is 9.84 Å². The first kappa shape index (κ1) is 16.4. The van der Waals surface area contributed by atoms with Gasteiger partial charge >= 0.3 is 5.97 Å². The average molecular weight is 321 g/mol. The quantitative estimate of drug-likeness (QED) is 0.592. The van der Waals surface area contributed by atoms with Crippen LogP contribution in [0.2, 0.25) is 0 Å². The Bertz CT molecular complexity index is 721. The highest BCUT2D eigenvalue weighted by Gasteiger charge is 2.20. The molecule has 2 N–H and O–H groups in total. The molecule has 0 atom stereocenters. The van der Waals surface area contributed by atoms with Crippen molar-refractivity contribution >= 4 is 31.3 Å². The van der Waals surface area contributed by atoms with Gasteiger partial charge in [-0.3, -0.25) is 0 Å². The number of ether oxygens (including phenoxy) is 1. The van der Waals surface area contributed by atoms with Crippen LogP contribution in [-0.2, 0) is 24.4 Å². The zero-order chi connectivity index (χ0) is 15.6. The molecule has 1 aromatic carbocycles. The summed E-state index contributed by atoms with van der Waals surface area (Å²) in [5.41, 5.74) is 5.57. The lowest BCUT2D eigenvalue weighted by Gasteiger charge is -2.08. The highest BCUT2D eigenvalue weighted by Crippen LogP contribution is 2.20. The number of rotatable bonds is 5. The number of benzene rings is 1. The summed E-state index contributed by atoms with van der Waals surface area (Å²) in [5.74, 6) is -1.81. The molecule has 1 aromatic rings. The second-order valence-corrected chi connectivity index (χ2v) is 8.56. The van der Waals surface area contributed by atoms with Gasteiger partial charge in [0, 0.05) is 11.9 Å². The number of anilines is 1. The molecule has 0 bridgehead atoms. The first-order valence-corrected chi connectivity index (χ1v) is 9.16. The van der Waals surface area contributed by atoms with E-state index < -0.39 is 37.1 Å². The third kappa shape index (κ3) is 4.20. The van der Waals surface area contributed by atoms with Crippen LogP contribution in [0.1, 0.15) is 10.4 Å². The summed E-state index contributed by atoms with van der Waals surface area (Å²) in [6.45, 7) is 0. The molecule has 0 aliphatic carbocycles. The van der Waals surface area contributed by atoms with E-state index in [1.165, 1.54) is 12.1 Å². The number of carbonyl (C=O) groups is 1. The summed E-state index contributed by atoms with van der Waals surface area (Å²) >= 11 is 0. The van der Waals surface area contributed by atoms with Crippen molar-refractivity contribution < 1.29 is 26.4 Å². The van der Waals surface area contributed by atoms with Crippen LogP contribution in [0.5, 0.6) is 0 Å². The minimum Gasteiger partial charge on any atom is -0.465 e. The number of carbonyl (C=O) groups excluding carboxylic acids is 1. The number of sulfone groups is 2. The lowest BCUT2D eigenvalue weighted by molar-refractivity contribution is 0.0601. The normalized spacial score (nSPS) is 12.1. The van der Waals surface area contributed by atoms with Crippen molar-refractivity contribution in [3.63, 3.8) is 0 Å². The van der Waals surface area contributed by atoms with Gasteiger partial charge in [0.05, 0.1) is 29.1 Å². The second-order valence-electron chi connectivity index (χ2n) is 4.19. The van der Waals surface area contributed by atoms with Crippen LogP contribution in [0, 0.1) is 0 Å². The third-order valence-corrected chi connectivity index (χ3v) is 5.43. The minimum absolute atomic E-state index is 0.0760. The molecule has 0 fully saturated rings. The van der Waals surface area contributed by atoms with Gasteiger partial charge in [0.15, 0.2) is 9.84 Å². The monoisotopic (exact) mass is 321 g/mol. The number of hydrogen-bond acceptors (Lipinski definition) is 7. The van der Waals surface area contributed by atoms with E-state index in [0.717, 1.165) is 19.4 Å². The molecule has 9 heteroatoms. The fraction of sp³-hybridized carbons (Fsp3) is 0.364. The number of hydrogen-bond donors (Lipinski definition) is 1. The summed E-state index contributed by atoms with van der Waals surface area (Å²) in [6.07, 6.45) is 0.950. The Labute approximate surface area is 117 Å². The molecular formula is C11H15NO6S2. The van der Waals surface area contributed by atoms with E-state index >= 15 is 0 Å². The molecule has 0 saturated heterocycles. The van der Waals surface area contributed by atoms with Crippen LogP contribution in [0.3, 0.4) is 0 Å². The molecule has 112 valence electrons. The van der Waals surface area contributed by atoms with Crippen LogP contribution in [0.15, 0.2) is 23.1 Å². The van der Waals surface area contributed by atoms with Gasteiger partial charge in [-0.05, 0) is 18.2 Å². The minimum atomic E-state index is -3.82. The summed E-state index contributed by atoms with van der Waals surface area (Å²) in [4.78, 5) is 11.3. The van der Waals surface area contributed by atoms with Crippen LogP contribution >= 0.6 is 0 Å². The van der Waals surface area contributed by atoms with E-state index in [4.69, 9.17) is 5.73 Å². The molecule has 1 rings (SSSR count). The van der Waals surface area contributed by atoms with E-state index in [1.807, 2.05) is 0 Å². The molecule has 0 aliphatic rings. The zero-order valence-electron chi connectivity index (χ0n) is 11.0. The molecule has 0 unspecified atom stereocenters. The van der Waals surface area contributed by atoms with Gasteiger partial charge in [0.25, 0.3) is 0 Å². The van der Waals surface area contributed by atoms with E-state index in [2.05, 4.69) is 4.74 Å². The van der Waals surface area contributed by atoms with E-state index in [1.54, 1.807) is 0 Å². The number of methoxy groups -OCH3 is 1. The first-order chi connectivity index (χ1) is 9.07. The summed E-state index contributed by atoms with van der Waals surface area (Å²) in [7, 11) is -6.07. The van der Waals surface area contributed by atoms with Gasteiger partial charge in [-0.2, -0.15) is 0 Å². The van der Waals surface area contributed by atoms with E-state index in [9.17, 15) is 21.6 Å². The lowest BCUT2D eigenvalue weighted by Crippen LogP contribution is -2.17. The average Bonchev–Trinajstić information content (AvgIpc) is 2.35. The van der Waals surface area contributed by atoms with Gasteiger partial charge in [-0.15, -0.1) is 0 Å². The Morgan fingerprint density at radius 3 is 2.30 bits per heavy atom. The Hall–Kier alpha value is -1.61. The molecule has 0 amide bonds. The number of nitrogens with two attached hydrogens (primary N) is 1. The van der Waals surface area contributed by atoms with Gasteiger partial charge in [0.2, 0.25) is 0 Å². The Balaban J connectivity index is 3.17. The van der Waals surface area contributed by atoms with Crippen LogP contribution in [0.4, 0.5) is 5.69 Å². The van der Waals surface area contributed by atoms with Gasteiger partial charge in [-0.1, -0.05) is 0 Å². The predicted octanol–water partition coefficient (Wildman–Crippen LogP) is -0.126. The Morgan fingerprint density at radius 2 is 1.80 bits per heavy atom. The van der Waals surface area contributed by atoms with Crippen LogP contribution in [0.25, 0.3) is 0 Å². The molecule has 0 spiro atoms. The zero-order valence-corrected chi connectivity index (χ0v) is 12.6. The number of nitrogen functional groups attached to an aromatic ring is 1. The standard InChI is InChI=1S/C11H15NO6S2/c1-18-11(13)9-7-8(3-4-10(9)12)20(16,17)6-5-19(2,14)15/h3-4,7H,5-6,12H2,1-2H3. The smallest absolute Gasteiger partial charge is 0.339 e. The summed E-state index contributed by atoms with van der Waals surface area (Å²) in [5, 5.41) is 0. The molecule has 0 saturated carbocycles. The molecule has 0 aliphatic heterocycles. The van der Waals surface area contributed by atoms with Crippen molar-refractivity contribution in [2.45, 2.75) is 4.90 Å². The lowest BCUT2D eigenvalue weighted by atomic mass is 10.2. The van der Waals surface area contributed by atoms with Crippen molar-refractivity contribution in [1.29, 1.82) is 0 Å². The highest BCUT2D eigenvalue weighted by molar-refractivity contribution is 7.94. The maximum atomic E-state index is 12.0. The fourth-order valence-corrected chi connectivity index (χ4v) is 4.29. The topological polar surface area (TPSA) is 121 Å². The van der Waals surface area contributed by atoms with Crippen molar-refractivity contribution in [2.24, 2.45) is 0 Å². The van der Waals surface area contributed by atoms with Crippen LogP contribution < -0.4 is 5.73 Å². The van der Waals surface area contributed by atoms with E-state index in [0.29, 0.717) is 0 Å². The van der Waals surface area contributed by atoms with Crippen molar-refractivity contribution in [3.8, 4) is 0 Å². The Kier molecular flexibility index (Phi) is 4.77. The predicted molar refractivity (Wildman–Crippen MR) is 74.0 cm³/mol. The van der Waals surface area contributed by atoms with Gasteiger partial charge < -0.3 is 10.5 Å². The molecule has 7 nitrogen and oxygen atoms in total.